The second kappa shape index (κ2) is 3.39. The molecule has 2 aromatic carbocycles. The first-order valence-electron chi connectivity index (χ1n) is 4.62. The van der Waals surface area contributed by atoms with Crippen molar-refractivity contribution in [1.82, 2.24) is 0 Å². The van der Waals surface area contributed by atoms with Crippen molar-refractivity contribution in [3.63, 3.8) is 0 Å². The number of rotatable bonds is 1. The normalized spacial score (nSPS) is 13.1. The highest BCUT2D eigenvalue weighted by Crippen LogP contribution is 2.23. The number of hydrogen-bond donors (Lipinski definition) is 1. The van der Waals surface area contributed by atoms with Gasteiger partial charge in [0, 0.05) is 6.04 Å². The zero-order valence-electron chi connectivity index (χ0n) is 8.00. The molecular weight excluding hydrogens is 177 g/mol. The summed E-state index contributed by atoms with van der Waals surface area (Å²) in [7, 11) is 0. The third kappa shape index (κ3) is 1.49. The fraction of sp³-hybridized carbons (Fsp3) is 0.167. The van der Waals surface area contributed by atoms with Crippen LogP contribution in [0.4, 0.5) is 4.39 Å². The van der Waals surface area contributed by atoms with E-state index in [0.29, 0.717) is 0 Å². The van der Waals surface area contributed by atoms with Crippen LogP contribution in [0.2, 0.25) is 0 Å². The van der Waals surface area contributed by atoms with Crippen LogP contribution < -0.4 is 5.73 Å². The molecule has 14 heavy (non-hydrogen) atoms. The SMILES string of the molecule is CC(N)c1cccc2ccc(F)cc12. The Morgan fingerprint density at radius 2 is 2.00 bits per heavy atom. The van der Waals surface area contributed by atoms with Crippen molar-refractivity contribution in [2.75, 3.05) is 0 Å². The molecule has 0 aliphatic rings. The maximum atomic E-state index is 13.0. The maximum absolute atomic E-state index is 13.0. The van der Waals surface area contributed by atoms with Gasteiger partial charge in [0.05, 0.1) is 0 Å². The Hall–Kier alpha value is -1.41. The number of benzene rings is 2. The van der Waals surface area contributed by atoms with E-state index in [1.165, 1.54) is 12.1 Å². The van der Waals surface area contributed by atoms with E-state index in [9.17, 15) is 4.39 Å². The van der Waals surface area contributed by atoms with Gasteiger partial charge >= 0.3 is 0 Å². The van der Waals surface area contributed by atoms with E-state index in [0.717, 1.165) is 16.3 Å². The summed E-state index contributed by atoms with van der Waals surface area (Å²) in [4.78, 5) is 0. The number of fused-ring (bicyclic) bond motifs is 1. The summed E-state index contributed by atoms with van der Waals surface area (Å²) in [6.45, 7) is 1.90. The molecule has 1 atom stereocenters. The molecule has 2 N–H and O–H groups in total. The summed E-state index contributed by atoms with van der Waals surface area (Å²) in [5.41, 5.74) is 6.80. The zero-order valence-corrected chi connectivity index (χ0v) is 8.00. The molecule has 0 saturated heterocycles. The molecule has 0 bridgehead atoms. The first-order chi connectivity index (χ1) is 6.68. The third-order valence-corrected chi connectivity index (χ3v) is 2.37. The largest absolute Gasteiger partial charge is 0.324 e. The molecule has 0 fully saturated rings. The zero-order chi connectivity index (χ0) is 10.1. The van der Waals surface area contributed by atoms with Crippen LogP contribution in [0.15, 0.2) is 36.4 Å². The average Bonchev–Trinajstić information content (AvgIpc) is 2.16. The molecule has 1 unspecified atom stereocenters. The van der Waals surface area contributed by atoms with Gasteiger partial charge in [-0.3, -0.25) is 0 Å². The Kier molecular flexibility index (Phi) is 2.22. The van der Waals surface area contributed by atoms with E-state index >= 15 is 0 Å². The predicted molar refractivity (Wildman–Crippen MR) is 56.5 cm³/mol. The number of halogens is 1. The number of nitrogens with two attached hydrogens (primary N) is 1. The maximum Gasteiger partial charge on any atom is 0.123 e. The van der Waals surface area contributed by atoms with Gasteiger partial charge in [0.25, 0.3) is 0 Å². The van der Waals surface area contributed by atoms with Gasteiger partial charge in [-0.25, -0.2) is 4.39 Å². The standard InChI is InChI=1S/C12H12FN/c1-8(14)11-4-2-3-9-5-6-10(13)7-12(9)11/h2-8H,14H2,1H3. The predicted octanol–water partition coefficient (Wildman–Crippen LogP) is 3.00. The summed E-state index contributed by atoms with van der Waals surface area (Å²) >= 11 is 0. The minimum Gasteiger partial charge on any atom is -0.324 e. The lowest BCUT2D eigenvalue weighted by atomic mass is 10.0. The second-order valence-corrected chi connectivity index (χ2v) is 3.50. The molecule has 2 heteroatoms. The van der Waals surface area contributed by atoms with Gasteiger partial charge in [-0.15, -0.1) is 0 Å². The molecule has 0 saturated carbocycles. The molecule has 0 aliphatic carbocycles. The van der Waals surface area contributed by atoms with Crippen molar-refractivity contribution in [2.45, 2.75) is 13.0 Å². The summed E-state index contributed by atoms with van der Waals surface area (Å²) < 4.78 is 13.0. The van der Waals surface area contributed by atoms with Crippen LogP contribution in [-0.4, -0.2) is 0 Å². The van der Waals surface area contributed by atoms with Crippen LogP contribution in [0.5, 0.6) is 0 Å². The van der Waals surface area contributed by atoms with Crippen molar-refractivity contribution >= 4 is 10.8 Å². The summed E-state index contributed by atoms with van der Waals surface area (Å²) in [5, 5.41) is 1.93. The highest BCUT2D eigenvalue weighted by atomic mass is 19.1. The van der Waals surface area contributed by atoms with Gasteiger partial charge in [-0.1, -0.05) is 24.3 Å². The quantitative estimate of drug-likeness (QED) is 0.733. The Morgan fingerprint density at radius 3 is 2.71 bits per heavy atom. The van der Waals surface area contributed by atoms with Gasteiger partial charge in [-0.05, 0) is 35.4 Å². The monoisotopic (exact) mass is 189 g/mol. The lowest BCUT2D eigenvalue weighted by Gasteiger charge is -2.09. The van der Waals surface area contributed by atoms with Gasteiger partial charge in [-0.2, -0.15) is 0 Å². The van der Waals surface area contributed by atoms with Crippen LogP contribution in [0.3, 0.4) is 0 Å². The lowest BCUT2D eigenvalue weighted by Crippen LogP contribution is -2.05. The summed E-state index contributed by atoms with van der Waals surface area (Å²) in [6.07, 6.45) is 0. The minimum atomic E-state index is -0.217. The molecule has 0 spiro atoms. The molecule has 2 rings (SSSR count). The van der Waals surface area contributed by atoms with E-state index in [1.54, 1.807) is 6.07 Å². The molecular formula is C12H12FN. The van der Waals surface area contributed by atoms with Crippen LogP contribution in [-0.2, 0) is 0 Å². The van der Waals surface area contributed by atoms with Gasteiger partial charge in [0.15, 0.2) is 0 Å². The Morgan fingerprint density at radius 1 is 1.21 bits per heavy atom. The van der Waals surface area contributed by atoms with E-state index in [2.05, 4.69) is 0 Å². The molecule has 1 nitrogen and oxygen atoms in total. The van der Waals surface area contributed by atoms with E-state index in [1.807, 2.05) is 25.1 Å². The molecule has 0 amide bonds. The van der Waals surface area contributed by atoms with Crippen LogP contribution in [0, 0.1) is 5.82 Å². The topological polar surface area (TPSA) is 26.0 Å². The van der Waals surface area contributed by atoms with E-state index in [4.69, 9.17) is 5.73 Å². The van der Waals surface area contributed by atoms with Crippen molar-refractivity contribution in [1.29, 1.82) is 0 Å². The average molecular weight is 189 g/mol. The summed E-state index contributed by atoms with van der Waals surface area (Å²) in [6, 6.07) is 10.5. The first kappa shape index (κ1) is 9.16. The Bertz CT molecular complexity index is 463. The van der Waals surface area contributed by atoms with Crippen molar-refractivity contribution < 1.29 is 4.39 Å². The van der Waals surface area contributed by atoms with Crippen LogP contribution in [0.25, 0.3) is 10.8 Å². The molecule has 2 aromatic rings. The van der Waals surface area contributed by atoms with Crippen molar-refractivity contribution in [3.05, 3.63) is 47.8 Å². The van der Waals surface area contributed by atoms with Gasteiger partial charge < -0.3 is 5.73 Å². The van der Waals surface area contributed by atoms with Crippen LogP contribution in [0.1, 0.15) is 18.5 Å². The molecule has 0 heterocycles. The Labute approximate surface area is 82.3 Å². The molecule has 0 radical (unpaired) electrons. The number of hydrogen-bond acceptors (Lipinski definition) is 1. The first-order valence-corrected chi connectivity index (χ1v) is 4.62. The van der Waals surface area contributed by atoms with Crippen molar-refractivity contribution in [2.24, 2.45) is 5.73 Å². The Balaban J connectivity index is 2.77. The third-order valence-electron chi connectivity index (χ3n) is 2.37. The minimum absolute atomic E-state index is 0.0690. The molecule has 0 aromatic heterocycles. The van der Waals surface area contributed by atoms with E-state index in [-0.39, 0.29) is 11.9 Å². The van der Waals surface area contributed by atoms with Gasteiger partial charge in [0.1, 0.15) is 5.82 Å². The molecule has 72 valence electrons. The van der Waals surface area contributed by atoms with Gasteiger partial charge in [0.2, 0.25) is 0 Å². The van der Waals surface area contributed by atoms with Crippen LogP contribution >= 0.6 is 0 Å². The highest BCUT2D eigenvalue weighted by Gasteiger charge is 2.05. The summed E-state index contributed by atoms with van der Waals surface area (Å²) in [5.74, 6) is -0.217. The smallest absolute Gasteiger partial charge is 0.123 e. The van der Waals surface area contributed by atoms with Crippen molar-refractivity contribution in [3.8, 4) is 0 Å². The second-order valence-electron chi connectivity index (χ2n) is 3.50. The molecule has 0 aliphatic heterocycles. The fourth-order valence-corrected chi connectivity index (χ4v) is 1.67. The highest BCUT2D eigenvalue weighted by molar-refractivity contribution is 5.86. The lowest BCUT2D eigenvalue weighted by molar-refractivity contribution is 0.629. The fourth-order valence-electron chi connectivity index (χ4n) is 1.67. The van der Waals surface area contributed by atoms with E-state index < -0.39 is 0 Å².